The second kappa shape index (κ2) is 7.02. The summed E-state index contributed by atoms with van der Waals surface area (Å²) in [6.07, 6.45) is 1.42. The highest BCUT2D eigenvalue weighted by atomic mass is 32.1. The Labute approximate surface area is 151 Å². The number of oxime groups is 1. The summed E-state index contributed by atoms with van der Waals surface area (Å²) < 4.78 is 5.29. The van der Waals surface area contributed by atoms with Crippen LogP contribution in [0.25, 0.3) is 0 Å². The number of nitrogens with one attached hydrogen (secondary N) is 1. The Kier molecular flexibility index (Phi) is 4.78. The molecule has 6 N–H and O–H groups in total. The zero-order chi connectivity index (χ0) is 18.8. The highest BCUT2D eigenvalue weighted by molar-refractivity contribution is 7.18. The third-order valence-corrected chi connectivity index (χ3v) is 4.57. The van der Waals surface area contributed by atoms with Gasteiger partial charge >= 0.3 is 13.1 Å². The maximum Gasteiger partial charge on any atom is 0.547 e. The minimum Gasteiger partial charge on any atom is -0.534 e. The average molecular weight is 376 g/mol. The minimum atomic E-state index is -1.47. The number of nitrogens with zero attached hydrogens (tertiary/aromatic N) is 2. The first kappa shape index (κ1) is 17.7. The highest BCUT2D eigenvalue weighted by Gasteiger charge is 2.38. The van der Waals surface area contributed by atoms with E-state index in [1.807, 2.05) is 0 Å². The molecule has 2 heterocycles. The maximum absolute atomic E-state index is 12.4. The number of nitrogen functional groups attached to an aromatic ring is 1. The van der Waals surface area contributed by atoms with E-state index < -0.39 is 24.9 Å². The van der Waals surface area contributed by atoms with Crippen LogP contribution < -0.4 is 15.7 Å². The molecule has 0 radical (unpaired) electrons. The van der Waals surface area contributed by atoms with E-state index in [0.717, 1.165) is 11.3 Å². The van der Waals surface area contributed by atoms with Crippen LogP contribution in [0.4, 0.5) is 5.13 Å². The molecule has 2 aromatic rings. The molecule has 134 valence electrons. The van der Waals surface area contributed by atoms with Gasteiger partial charge in [-0.2, -0.15) is 0 Å². The molecule has 10 nitrogen and oxygen atoms in total. The molecule has 0 saturated carbocycles. The number of para-hydroxylation sites is 1. The van der Waals surface area contributed by atoms with Gasteiger partial charge in [-0.25, -0.2) is 9.78 Å². The van der Waals surface area contributed by atoms with Crippen LogP contribution in [-0.2, 0) is 11.2 Å². The number of rotatable bonds is 4. The number of aromatic carboxylic acids is 1. The number of benzene rings is 1. The van der Waals surface area contributed by atoms with Gasteiger partial charge in [-0.05, 0) is 18.1 Å². The summed E-state index contributed by atoms with van der Waals surface area (Å²) in [4.78, 5) is 27.6. The van der Waals surface area contributed by atoms with Crippen LogP contribution in [0.2, 0.25) is 0 Å². The molecule has 0 aliphatic carbocycles. The molecule has 12 heteroatoms. The lowest BCUT2D eigenvalue weighted by Gasteiger charge is -2.28. The molecule has 1 amide bonds. The van der Waals surface area contributed by atoms with Gasteiger partial charge in [0.15, 0.2) is 10.8 Å². The molecule has 0 bridgehead atoms. The van der Waals surface area contributed by atoms with Gasteiger partial charge in [-0.1, -0.05) is 28.6 Å². The number of hydrogen-bond donors (Lipinski definition) is 5. The number of nitrogens with two attached hydrogens (primary N) is 1. The van der Waals surface area contributed by atoms with Crippen molar-refractivity contribution >= 4 is 41.2 Å². The fourth-order valence-corrected chi connectivity index (χ4v) is 3.22. The number of hydrogen-bond acceptors (Lipinski definition) is 9. The van der Waals surface area contributed by atoms with Crippen molar-refractivity contribution in [3.63, 3.8) is 0 Å². The normalized spacial score (nSPS) is 16.6. The van der Waals surface area contributed by atoms with Gasteiger partial charge in [-0.3, -0.25) is 4.79 Å². The Morgan fingerprint density at radius 1 is 1.46 bits per heavy atom. The maximum atomic E-state index is 12.4. The smallest absolute Gasteiger partial charge is 0.534 e. The van der Waals surface area contributed by atoms with Crippen LogP contribution in [0, 0.1) is 0 Å². The summed E-state index contributed by atoms with van der Waals surface area (Å²) >= 11 is 0.961. The zero-order valence-electron chi connectivity index (χ0n) is 13.1. The van der Waals surface area contributed by atoms with E-state index in [1.54, 1.807) is 12.1 Å². The van der Waals surface area contributed by atoms with E-state index in [2.05, 4.69) is 15.5 Å². The molecule has 1 aliphatic rings. The Balaban J connectivity index is 1.80. The lowest BCUT2D eigenvalue weighted by molar-refractivity contribution is -0.115. The first-order valence-corrected chi connectivity index (χ1v) is 8.17. The SMILES string of the molecule is Nc1ncc(/C(=N/O)C(=O)N[C@H]2Cc3cccc(C(=O)O)c3OB2O)s1. The molecule has 0 fully saturated rings. The van der Waals surface area contributed by atoms with Crippen molar-refractivity contribution in [3.8, 4) is 5.75 Å². The Morgan fingerprint density at radius 3 is 2.85 bits per heavy atom. The minimum absolute atomic E-state index is 0.0595. The molecule has 1 atom stereocenters. The molecule has 1 aliphatic heterocycles. The molecule has 3 rings (SSSR count). The molecule has 1 aromatic carbocycles. The lowest BCUT2D eigenvalue weighted by Crippen LogP contribution is -2.54. The van der Waals surface area contributed by atoms with Crippen molar-refractivity contribution in [2.45, 2.75) is 12.4 Å². The Hall–Kier alpha value is -3.12. The van der Waals surface area contributed by atoms with E-state index in [0.29, 0.717) is 5.56 Å². The standard InChI is InChI=1S/C14H13BN4O6S/c16-14-17-5-8(26-14)10(19-24)12(20)18-9-4-6-2-1-3-7(13(21)22)11(6)25-15(9)23/h1-3,5,9,23-24H,4H2,(H2,16,17)(H,18,20)(H,21,22)/b19-10-/t9-/m0/s1. The molecular weight excluding hydrogens is 363 g/mol. The van der Waals surface area contributed by atoms with Crippen LogP contribution >= 0.6 is 11.3 Å². The van der Waals surface area contributed by atoms with E-state index in [9.17, 15) is 19.7 Å². The number of carbonyl (C=O) groups is 2. The van der Waals surface area contributed by atoms with Gasteiger partial charge in [0.05, 0.1) is 16.4 Å². The molecule has 1 aromatic heterocycles. The molecule has 0 unspecified atom stereocenters. The van der Waals surface area contributed by atoms with E-state index in [-0.39, 0.29) is 33.5 Å². The Morgan fingerprint density at radius 2 is 2.23 bits per heavy atom. The Bertz CT molecular complexity index is 901. The van der Waals surface area contributed by atoms with Crippen LogP contribution in [0.5, 0.6) is 5.75 Å². The van der Waals surface area contributed by atoms with Crippen molar-refractivity contribution in [1.82, 2.24) is 10.3 Å². The van der Waals surface area contributed by atoms with E-state index in [1.165, 1.54) is 12.3 Å². The summed E-state index contributed by atoms with van der Waals surface area (Å²) in [5.74, 6) is -2.76. The van der Waals surface area contributed by atoms with Crippen LogP contribution in [0.1, 0.15) is 20.8 Å². The molecule has 26 heavy (non-hydrogen) atoms. The van der Waals surface area contributed by atoms with Crippen molar-refractivity contribution < 1.29 is 29.6 Å². The number of carboxylic acids is 1. The number of thiazole rings is 1. The first-order valence-electron chi connectivity index (χ1n) is 7.35. The first-order chi connectivity index (χ1) is 12.4. The van der Waals surface area contributed by atoms with Gasteiger partial charge in [0, 0.05) is 6.20 Å². The van der Waals surface area contributed by atoms with E-state index >= 15 is 0 Å². The van der Waals surface area contributed by atoms with Crippen LogP contribution in [0.15, 0.2) is 29.6 Å². The van der Waals surface area contributed by atoms with Crippen molar-refractivity contribution in [2.24, 2.45) is 5.16 Å². The van der Waals surface area contributed by atoms with Crippen molar-refractivity contribution in [2.75, 3.05) is 5.73 Å². The predicted octanol–water partition coefficient (Wildman–Crippen LogP) is -0.259. The highest BCUT2D eigenvalue weighted by Crippen LogP contribution is 2.30. The van der Waals surface area contributed by atoms with Crippen LogP contribution in [-0.4, -0.2) is 51.0 Å². The van der Waals surface area contributed by atoms with Gasteiger partial charge in [-0.15, -0.1) is 0 Å². The number of anilines is 1. The fraction of sp³-hybridized carbons (Fsp3) is 0.143. The topological polar surface area (TPSA) is 167 Å². The van der Waals surface area contributed by atoms with Crippen LogP contribution in [0.3, 0.4) is 0 Å². The zero-order valence-corrected chi connectivity index (χ0v) is 13.9. The van der Waals surface area contributed by atoms with Crippen molar-refractivity contribution in [3.05, 3.63) is 40.4 Å². The summed E-state index contributed by atoms with van der Waals surface area (Å²) in [6, 6.07) is 4.54. The summed E-state index contributed by atoms with van der Waals surface area (Å²) in [5.41, 5.74) is 5.63. The second-order valence-electron chi connectivity index (χ2n) is 5.40. The number of carboxylic acid groups (broad SMARTS) is 1. The molecular formula is C14H13BN4O6S. The van der Waals surface area contributed by atoms with Gasteiger partial charge in [0.25, 0.3) is 5.91 Å². The number of fused-ring (bicyclic) bond motifs is 1. The number of carbonyl (C=O) groups excluding carboxylic acids is 1. The van der Waals surface area contributed by atoms with Gasteiger partial charge in [0.1, 0.15) is 5.75 Å². The number of aromatic nitrogens is 1. The lowest BCUT2D eigenvalue weighted by atomic mass is 9.72. The summed E-state index contributed by atoms with van der Waals surface area (Å²) in [7, 11) is -1.47. The third-order valence-electron chi connectivity index (χ3n) is 3.74. The molecule has 0 spiro atoms. The number of amides is 1. The monoisotopic (exact) mass is 376 g/mol. The van der Waals surface area contributed by atoms with Crippen molar-refractivity contribution in [1.29, 1.82) is 0 Å². The molecule has 0 saturated heterocycles. The van der Waals surface area contributed by atoms with Gasteiger partial charge in [0.2, 0.25) is 0 Å². The quantitative estimate of drug-likeness (QED) is 0.211. The fourth-order valence-electron chi connectivity index (χ4n) is 2.56. The van der Waals surface area contributed by atoms with E-state index in [4.69, 9.17) is 15.6 Å². The summed E-state index contributed by atoms with van der Waals surface area (Å²) in [6.45, 7) is 0. The summed E-state index contributed by atoms with van der Waals surface area (Å²) in [5, 5.41) is 34.1. The predicted molar refractivity (Wildman–Crippen MR) is 92.5 cm³/mol. The second-order valence-corrected chi connectivity index (χ2v) is 6.47. The third kappa shape index (κ3) is 3.32. The van der Waals surface area contributed by atoms with Gasteiger partial charge < -0.3 is 31.0 Å². The average Bonchev–Trinajstić information content (AvgIpc) is 3.01. The largest absolute Gasteiger partial charge is 0.547 e.